The van der Waals surface area contributed by atoms with Crippen LogP contribution in [0.25, 0.3) is 5.57 Å². The van der Waals surface area contributed by atoms with Crippen molar-refractivity contribution >= 4 is 28.1 Å². The van der Waals surface area contributed by atoms with E-state index in [-0.39, 0.29) is 0 Å². The van der Waals surface area contributed by atoms with Gasteiger partial charge in [-0.05, 0) is 24.7 Å². The van der Waals surface area contributed by atoms with Crippen LogP contribution in [0.15, 0.2) is 35.3 Å². The van der Waals surface area contributed by atoms with Crippen LogP contribution in [0, 0.1) is 0 Å². The minimum Gasteiger partial charge on any atom is -0.241 e. The first-order chi connectivity index (χ1) is 6.95. The summed E-state index contributed by atoms with van der Waals surface area (Å²) >= 11 is 1.89. The normalized spacial score (nSPS) is 19.1. The van der Waals surface area contributed by atoms with Crippen molar-refractivity contribution in [3.8, 4) is 0 Å². The summed E-state index contributed by atoms with van der Waals surface area (Å²) in [7, 11) is 0. The van der Waals surface area contributed by atoms with E-state index in [0.29, 0.717) is 0 Å². The monoisotopic (exact) mass is 201 g/mol. The Kier molecular flexibility index (Phi) is 1.95. The predicted molar refractivity (Wildman–Crippen MR) is 63.2 cm³/mol. The summed E-state index contributed by atoms with van der Waals surface area (Å²) < 4.78 is 0. The zero-order valence-electron chi connectivity index (χ0n) is 7.86. The van der Waals surface area contributed by atoms with Crippen LogP contribution in [0.2, 0.25) is 0 Å². The second-order valence-corrected chi connectivity index (χ2v) is 4.63. The molecule has 2 heteroatoms. The summed E-state index contributed by atoms with van der Waals surface area (Å²) in [5, 5.41) is 1.23. The van der Waals surface area contributed by atoms with E-state index in [1.807, 2.05) is 11.8 Å². The number of para-hydroxylation sites is 1. The third kappa shape index (κ3) is 1.22. The van der Waals surface area contributed by atoms with Gasteiger partial charge in [-0.15, -0.1) is 11.8 Å². The molecule has 0 aromatic heterocycles. The van der Waals surface area contributed by atoms with Crippen LogP contribution in [0.1, 0.15) is 18.4 Å². The summed E-state index contributed by atoms with van der Waals surface area (Å²) in [6, 6.07) is 8.41. The SMILES string of the molecule is C1=C2C(=Nc3ccccc32)SCCC1. The number of fused-ring (bicyclic) bond motifs is 3. The first-order valence-electron chi connectivity index (χ1n) is 4.96. The van der Waals surface area contributed by atoms with Gasteiger partial charge in [-0.25, -0.2) is 4.99 Å². The molecule has 3 rings (SSSR count). The van der Waals surface area contributed by atoms with Crippen LogP contribution in [-0.2, 0) is 0 Å². The highest BCUT2D eigenvalue weighted by atomic mass is 32.2. The third-order valence-corrected chi connectivity index (χ3v) is 3.66. The number of thioether (sulfide) groups is 1. The van der Waals surface area contributed by atoms with E-state index in [0.717, 1.165) is 5.69 Å². The molecular weight excluding hydrogens is 190 g/mol. The highest BCUT2D eigenvalue weighted by Crippen LogP contribution is 2.39. The minimum atomic E-state index is 1.14. The first-order valence-corrected chi connectivity index (χ1v) is 5.95. The number of hydrogen-bond donors (Lipinski definition) is 0. The standard InChI is InChI=1S/C12H11NS/c1-2-7-11-9(5-1)10-6-3-4-8-14-12(10)13-11/h1-2,5-7H,3-4,8H2. The number of hydrogen-bond acceptors (Lipinski definition) is 2. The fraction of sp³-hybridized carbons (Fsp3) is 0.250. The van der Waals surface area contributed by atoms with Crippen LogP contribution in [0.4, 0.5) is 5.69 Å². The van der Waals surface area contributed by atoms with Crippen molar-refractivity contribution in [3.63, 3.8) is 0 Å². The van der Waals surface area contributed by atoms with E-state index in [4.69, 9.17) is 0 Å². The Bertz CT molecular complexity index is 432. The van der Waals surface area contributed by atoms with Crippen molar-refractivity contribution in [2.24, 2.45) is 4.99 Å². The van der Waals surface area contributed by atoms with E-state index in [1.54, 1.807) is 0 Å². The minimum absolute atomic E-state index is 1.14. The van der Waals surface area contributed by atoms with Crippen molar-refractivity contribution in [3.05, 3.63) is 35.9 Å². The Balaban J connectivity index is 2.15. The third-order valence-electron chi connectivity index (χ3n) is 2.58. The molecule has 0 atom stereocenters. The summed E-state index contributed by atoms with van der Waals surface area (Å²) in [5.41, 5.74) is 3.82. The molecule has 1 aromatic rings. The fourth-order valence-electron chi connectivity index (χ4n) is 1.89. The van der Waals surface area contributed by atoms with E-state index in [2.05, 4.69) is 35.3 Å². The van der Waals surface area contributed by atoms with E-state index in [1.165, 1.54) is 34.8 Å². The molecule has 2 aliphatic heterocycles. The Hall–Kier alpha value is -1.02. The number of allylic oxidation sites excluding steroid dienone is 1. The van der Waals surface area contributed by atoms with Gasteiger partial charge < -0.3 is 0 Å². The molecule has 0 fully saturated rings. The zero-order valence-corrected chi connectivity index (χ0v) is 8.68. The smallest absolute Gasteiger partial charge is 0.104 e. The predicted octanol–water partition coefficient (Wildman–Crippen LogP) is 3.64. The van der Waals surface area contributed by atoms with Gasteiger partial charge in [0, 0.05) is 11.1 Å². The second-order valence-electron chi connectivity index (χ2n) is 3.54. The summed E-state index contributed by atoms with van der Waals surface area (Å²) in [4.78, 5) is 4.64. The van der Waals surface area contributed by atoms with Crippen molar-refractivity contribution in [2.75, 3.05) is 5.75 Å². The Morgan fingerprint density at radius 1 is 1.21 bits per heavy atom. The van der Waals surface area contributed by atoms with E-state index in [9.17, 15) is 0 Å². The van der Waals surface area contributed by atoms with Crippen molar-refractivity contribution in [1.82, 2.24) is 0 Å². The topological polar surface area (TPSA) is 12.4 Å². The lowest BCUT2D eigenvalue weighted by molar-refractivity contribution is 0.979. The van der Waals surface area contributed by atoms with Gasteiger partial charge in [-0.3, -0.25) is 0 Å². The first kappa shape index (κ1) is 8.30. The second kappa shape index (κ2) is 3.28. The lowest BCUT2D eigenvalue weighted by atomic mass is 10.1. The van der Waals surface area contributed by atoms with Crippen LogP contribution in [-0.4, -0.2) is 10.8 Å². The van der Waals surface area contributed by atoms with Gasteiger partial charge in [0.05, 0.1) is 5.69 Å². The molecule has 0 radical (unpaired) electrons. The van der Waals surface area contributed by atoms with Crippen LogP contribution in [0.3, 0.4) is 0 Å². The van der Waals surface area contributed by atoms with Gasteiger partial charge in [0.2, 0.25) is 0 Å². The Morgan fingerprint density at radius 3 is 3.14 bits per heavy atom. The summed E-state index contributed by atoms with van der Waals surface area (Å²) in [6.07, 6.45) is 4.80. The van der Waals surface area contributed by atoms with Gasteiger partial charge in [-0.1, -0.05) is 24.3 Å². The summed E-state index contributed by atoms with van der Waals surface area (Å²) in [5.74, 6) is 1.20. The lowest BCUT2D eigenvalue weighted by Crippen LogP contribution is -1.89. The molecule has 1 nitrogen and oxygen atoms in total. The quantitative estimate of drug-likeness (QED) is 0.624. The maximum atomic E-state index is 4.64. The summed E-state index contributed by atoms with van der Waals surface area (Å²) in [6.45, 7) is 0. The van der Waals surface area contributed by atoms with Crippen LogP contribution in [0.5, 0.6) is 0 Å². The van der Waals surface area contributed by atoms with Crippen LogP contribution < -0.4 is 0 Å². The Morgan fingerprint density at radius 2 is 2.14 bits per heavy atom. The van der Waals surface area contributed by atoms with Gasteiger partial charge in [-0.2, -0.15) is 0 Å². The molecule has 1 aromatic carbocycles. The highest BCUT2D eigenvalue weighted by molar-refractivity contribution is 8.15. The van der Waals surface area contributed by atoms with Gasteiger partial charge in [0.25, 0.3) is 0 Å². The maximum Gasteiger partial charge on any atom is 0.104 e. The van der Waals surface area contributed by atoms with Gasteiger partial charge in [0.1, 0.15) is 5.04 Å². The van der Waals surface area contributed by atoms with Crippen molar-refractivity contribution in [2.45, 2.75) is 12.8 Å². The van der Waals surface area contributed by atoms with Crippen molar-refractivity contribution < 1.29 is 0 Å². The molecule has 70 valence electrons. The van der Waals surface area contributed by atoms with E-state index < -0.39 is 0 Å². The average molecular weight is 201 g/mol. The average Bonchev–Trinajstić information content (AvgIpc) is 2.42. The molecule has 2 heterocycles. The molecule has 2 aliphatic rings. The molecular formula is C12H11NS. The molecule has 0 aliphatic carbocycles. The molecule has 0 unspecified atom stereocenters. The molecule has 0 saturated carbocycles. The van der Waals surface area contributed by atoms with Gasteiger partial charge >= 0.3 is 0 Å². The maximum absolute atomic E-state index is 4.64. The molecule has 0 bridgehead atoms. The number of aliphatic imine (C=N–C) groups is 1. The lowest BCUT2D eigenvalue weighted by Gasteiger charge is -1.99. The molecule has 0 N–H and O–H groups in total. The zero-order chi connectivity index (χ0) is 9.38. The largest absolute Gasteiger partial charge is 0.241 e. The highest BCUT2D eigenvalue weighted by Gasteiger charge is 2.21. The van der Waals surface area contributed by atoms with E-state index >= 15 is 0 Å². The van der Waals surface area contributed by atoms with Gasteiger partial charge in [0.15, 0.2) is 0 Å². The fourth-order valence-corrected chi connectivity index (χ4v) is 2.91. The molecule has 14 heavy (non-hydrogen) atoms. The van der Waals surface area contributed by atoms with Crippen molar-refractivity contribution in [1.29, 1.82) is 0 Å². The molecule has 0 amide bonds. The number of nitrogens with zero attached hydrogens (tertiary/aromatic N) is 1. The Labute approximate surface area is 87.9 Å². The molecule has 0 saturated heterocycles. The van der Waals surface area contributed by atoms with Crippen LogP contribution >= 0.6 is 11.8 Å². The number of benzene rings is 1. The molecule has 0 spiro atoms. The number of rotatable bonds is 0.